The number of amides is 1. The first kappa shape index (κ1) is 15.7. The molecule has 0 saturated heterocycles. The van der Waals surface area contributed by atoms with Crippen LogP contribution in [0.2, 0.25) is 0 Å². The van der Waals surface area contributed by atoms with Gasteiger partial charge in [-0.25, -0.2) is 0 Å². The monoisotopic (exact) mass is 279 g/mol. The number of carbonyl (C=O) groups excluding carboxylic acids is 1. The van der Waals surface area contributed by atoms with Gasteiger partial charge in [-0.2, -0.15) is 0 Å². The Bertz CT molecular complexity index is 480. The zero-order chi connectivity index (χ0) is 14.3. The normalized spacial score (nSPS) is 10.2. The van der Waals surface area contributed by atoms with Gasteiger partial charge in [0.2, 0.25) is 0 Å². The van der Waals surface area contributed by atoms with E-state index in [0.29, 0.717) is 23.8 Å². The lowest BCUT2D eigenvalue weighted by Gasteiger charge is -2.05. The van der Waals surface area contributed by atoms with E-state index in [1.807, 2.05) is 13.0 Å². The van der Waals surface area contributed by atoms with Crippen molar-refractivity contribution in [2.24, 2.45) is 5.92 Å². The number of rotatable bonds is 5. The highest BCUT2D eigenvalue weighted by molar-refractivity contribution is 7.14. The highest BCUT2D eigenvalue weighted by Gasteiger charge is 2.11. The number of aliphatic hydroxyl groups is 1. The molecule has 0 fully saturated rings. The van der Waals surface area contributed by atoms with E-state index in [1.54, 1.807) is 0 Å². The Labute approximate surface area is 119 Å². The molecule has 1 aromatic heterocycles. The molecule has 0 aliphatic carbocycles. The maximum absolute atomic E-state index is 11.9. The van der Waals surface area contributed by atoms with Crippen LogP contribution in [0.5, 0.6) is 0 Å². The van der Waals surface area contributed by atoms with Crippen LogP contribution in [0, 0.1) is 24.7 Å². The van der Waals surface area contributed by atoms with Crippen molar-refractivity contribution in [1.29, 1.82) is 0 Å². The minimum Gasteiger partial charge on any atom is -0.395 e. The summed E-state index contributed by atoms with van der Waals surface area (Å²) in [6.07, 6.45) is 1.45. The van der Waals surface area contributed by atoms with Gasteiger partial charge in [0.05, 0.1) is 16.4 Å². The summed E-state index contributed by atoms with van der Waals surface area (Å²) >= 11 is 1.41. The van der Waals surface area contributed by atoms with Crippen LogP contribution in [-0.2, 0) is 0 Å². The van der Waals surface area contributed by atoms with Crippen molar-refractivity contribution in [3.63, 3.8) is 0 Å². The van der Waals surface area contributed by atoms with Gasteiger partial charge in [0, 0.05) is 13.0 Å². The van der Waals surface area contributed by atoms with Crippen LogP contribution in [0.15, 0.2) is 6.07 Å². The van der Waals surface area contributed by atoms with Gasteiger partial charge in [-0.1, -0.05) is 25.7 Å². The second kappa shape index (κ2) is 7.98. The van der Waals surface area contributed by atoms with E-state index < -0.39 is 0 Å². The smallest absolute Gasteiger partial charge is 0.261 e. The van der Waals surface area contributed by atoms with E-state index in [9.17, 15) is 4.79 Å². The fourth-order valence-corrected chi connectivity index (χ4v) is 2.44. The third-order valence-electron chi connectivity index (χ3n) is 2.59. The summed E-state index contributed by atoms with van der Waals surface area (Å²) in [5.41, 5.74) is 1.02. The van der Waals surface area contributed by atoms with E-state index in [-0.39, 0.29) is 12.5 Å². The van der Waals surface area contributed by atoms with Gasteiger partial charge in [0.15, 0.2) is 0 Å². The molecule has 2 N–H and O–H groups in total. The molecule has 104 valence electrons. The second-order valence-corrected chi connectivity index (χ2v) is 5.89. The van der Waals surface area contributed by atoms with Crippen molar-refractivity contribution in [1.82, 2.24) is 5.32 Å². The predicted molar refractivity (Wildman–Crippen MR) is 79.4 cm³/mol. The van der Waals surface area contributed by atoms with Gasteiger partial charge in [0.25, 0.3) is 5.91 Å². The lowest BCUT2D eigenvalue weighted by molar-refractivity contribution is 0.0956. The summed E-state index contributed by atoms with van der Waals surface area (Å²) in [6.45, 7) is 7.00. The maximum Gasteiger partial charge on any atom is 0.261 e. The number of aliphatic hydroxyl groups excluding tert-OH is 1. The SMILES string of the molecule is Cc1cc(C(=O)NCCC(C)C)sc1C#CCCO. The van der Waals surface area contributed by atoms with Crippen LogP contribution >= 0.6 is 11.3 Å². The molecule has 1 heterocycles. The average molecular weight is 279 g/mol. The highest BCUT2D eigenvalue weighted by atomic mass is 32.1. The van der Waals surface area contributed by atoms with Gasteiger partial charge in [-0.3, -0.25) is 4.79 Å². The molecule has 0 aliphatic rings. The van der Waals surface area contributed by atoms with Gasteiger partial charge in [-0.05, 0) is 30.9 Å². The molecule has 1 amide bonds. The third-order valence-corrected chi connectivity index (χ3v) is 3.74. The van der Waals surface area contributed by atoms with Crippen molar-refractivity contribution < 1.29 is 9.90 Å². The number of aryl methyl sites for hydroxylation is 1. The predicted octanol–water partition coefficient (Wildman–Crippen LogP) is 2.57. The molecule has 0 bridgehead atoms. The molecule has 3 nitrogen and oxygen atoms in total. The Balaban J connectivity index is 2.62. The number of carbonyl (C=O) groups is 1. The number of hydrogen-bond donors (Lipinski definition) is 2. The highest BCUT2D eigenvalue weighted by Crippen LogP contribution is 2.20. The first-order valence-electron chi connectivity index (χ1n) is 6.53. The first-order valence-corrected chi connectivity index (χ1v) is 7.34. The standard InChI is InChI=1S/C15H21NO2S/c1-11(2)7-8-16-15(18)14-10-12(3)13(19-14)6-4-5-9-17/h10-11,17H,5,7-9H2,1-3H3,(H,16,18). The summed E-state index contributed by atoms with van der Waals surface area (Å²) in [5.74, 6) is 6.44. The summed E-state index contributed by atoms with van der Waals surface area (Å²) in [7, 11) is 0. The Morgan fingerprint density at radius 3 is 2.89 bits per heavy atom. The van der Waals surface area contributed by atoms with Crippen LogP contribution in [0.4, 0.5) is 0 Å². The summed E-state index contributed by atoms with van der Waals surface area (Å²) in [5, 5.41) is 11.6. The summed E-state index contributed by atoms with van der Waals surface area (Å²) in [6, 6.07) is 1.87. The Hall–Kier alpha value is -1.31. The fraction of sp³-hybridized carbons (Fsp3) is 0.533. The molecule has 1 aromatic rings. The van der Waals surface area contributed by atoms with Crippen LogP contribution in [0.1, 0.15) is 46.8 Å². The second-order valence-electron chi connectivity index (χ2n) is 4.84. The molecule has 0 radical (unpaired) electrons. The van der Waals surface area contributed by atoms with Gasteiger partial charge in [-0.15, -0.1) is 11.3 Å². The largest absolute Gasteiger partial charge is 0.395 e. The van der Waals surface area contributed by atoms with Crippen molar-refractivity contribution in [2.75, 3.05) is 13.2 Å². The molecule has 0 spiro atoms. The van der Waals surface area contributed by atoms with Gasteiger partial charge < -0.3 is 10.4 Å². The van der Waals surface area contributed by atoms with E-state index in [2.05, 4.69) is 31.0 Å². The molecule has 1 rings (SSSR count). The zero-order valence-corrected chi connectivity index (χ0v) is 12.6. The quantitative estimate of drug-likeness (QED) is 0.814. The van der Waals surface area contributed by atoms with Crippen LogP contribution in [0.25, 0.3) is 0 Å². The minimum absolute atomic E-state index is 0.0241. The Kier molecular flexibility index (Phi) is 6.61. The number of thiophene rings is 1. The molecule has 4 heteroatoms. The molecular weight excluding hydrogens is 258 g/mol. The van der Waals surface area contributed by atoms with Crippen molar-refractivity contribution in [3.05, 3.63) is 21.4 Å². The topological polar surface area (TPSA) is 49.3 Å². The van der Waals surface area contributed by atoms with E-state index in [1.165, 1.54) is 11.3 Å². The molecule has 0 aromatic carbocycles. The van der Waals surface area contributed by atoms with Crippen LogP contribution < -0.4 is 5.32 Å². The maximum atomic E-state index is 11.9. The molecule has 0 unspecified atom stereocenters. The van der Waals surface area contributed by atoms with Crippen molar-refractivity contribution in [2.45, 2.75) is 33.6 Å². The first-order chi connectivity index (χ1) is 9.04. The third kappa shape index (κ3) is 5.46. The molecule has 0 atom stereocenters. The van der Waals surface area contributed by atoms with Gasteiger partial charge in [0.1, 0.15) is 0 Å². The number of hydrogen-bond acceptors (Lipinski definition) is 3. The van der Waals surface area contributed by atoms with Crippen molar-refractivity contribution >= 4 is 17.2 Å². The number of nitrogens with one attached hydrogen (secondary N) is 1. The Morgan fingerprint density at radius 1 is 1.53 bits per heavy atom. The fourth-order valence-electron chi connectivity index (χ4n) is 1.48. The molecule has 0 aliphatic heterocycles. The van der Waals surface area contributed by atoms with E-state index in [4.69, 9.17) is 5.11 Å². The summed E-state index contributed by atoms with van der Waals surface area (Å²) < 4.78 is 0. The minimum atomic E-state index is -0.0241. The van der Waals surface area contributed by atoms with Crippen LogP contribution in [0.3, 0.4) is 0 Å². The van der Waals surface area contributed by atoms with Crippen molar-refractivity contribution in [3.8, 4) is 11.8 Å². The zero-order valence-electron chi connectivity index (χ0n) is 11.7. The summed E-state index contributed by atoms with van der Waals surface area (Å²) in [4.78, 5) is 13.5. The van der Waals surface area contributed by atoms with E-state index >= 15 is 0 Å². The lowest BCUT2D eigenvalue weighted by Crippen LogP contribution is -2.24. The van der Waals surface area contributed by atoms with Crippen LogP contribution in [-0.4, -0.2) is 24.2 Å². The molecule has 19 heavy (non-hydrogen) atoms. The average Bonchev–Trinajstić information content (AvgIpc) is 2.71. The van der Waals surface area contributed by atoms with E-state index in [0.717, 1.165) is 16.9 Å². The van der Waals surface area contributed by atoms with Gasteiger partial charge >= 0.3 is 0 Å². The molecular formula is C15H21NO2S. The molecule has 0 saturated carbocycles. The lowest BCUT2D eigenvalue weighted by atomic mass is 10.1. The Morgan fingerprint density at radius 2 is 2.26 bits per heavy atom.